The summed E-state index contributed by atoms with van der Waals surface area (Å²) in [6.45, 7) is 1.50. The van der Waals surface area contributed by atoms with Gasteiger partial charge in [0.05, 0.1) is 22.9 Å². The smallest absolute Gasteiger partial charge is 0.296 e. The van der Waals surface area contributed by atoms with Gasteiger partial charge in [0, 0.05) is 5.56 Å². The van der Waals surface area contributed by atoms with Gasteiger partial charge >= 0.3 is 0 Å². The maximum absolute atomic E-state index is 15.0. The second-order valence-electron chi connectivity index (χ2n) is 10.3. The molecule has 0 radical (unpaired) electrons. The van der Waals surface area contributed by atoms with E-state index < -0.39 is 33.4 Å². The van der Waals surface area contributed by atoms with Gasteiger partial charge in [0.2, 0.25) is 15.9 Å². The molecule has 1 amide bonds. The van der Waals surface area contributed by atoms with Gasteiger partial charge in [0.15, 0.2) is 11.9 Å². The number of aryl methyl sites for hydroxylation is 1. The summed E-state index contributed by atoms with van der Waals surface area (Å²) in [6.07, 6.45) is 1.83. The van der Waals surface area contributed by atoms with E-state index in [1.54, 1.807) is 66.7 Å². The number of hydrogen-bond acceptors (Lipinski definition) is 6. The van der Waals surface area contributed by atoms with E-state index in [0.29, 0.717) is 30.0 Å². The summed E-state index contributed by atoms with van der Waals surface area (Å²) in [7, 11) is -3.65. The van der Waals surface area contributed by atoms with Crippen molar-refractivity contribution in [1.29, 1.82) is 0 Å². The number of aliphatic hydroxyl groups excluding tert-OH is 1. The number of amides is 1. The molecule has 41 heavy (non-hydrogen) atoms. The second-order valence-corrected chi connectivity index (χ2v) is 12.0. The molecule has 1 heterocycles. The lowest BCUT2D eigenvalue weighted by Gasteiger charge is -2.19. The Morgan fingerprint density at radius 2 is 1.56 bits per heavy atom. The molecule has 0 bridgehead atoms. The van der Waals surface area contributed by atoms with Crippen LogP contribution in [-0.4, -0.2) is 36.8 Å². The van der Waals surface area contributed by atoms with Crippen LogP contribution < -0.4 is 4.72 Å². The Bertz CT molecular complexity index is 1690. The molecule has 4 aromatic rings. The van der Waals surface area contributed by atoms with Gasteiger partial charge in [-0.15, -0.1) is 0 Å². The minimum absolute atomic E-state index is 0.0530. The van der Waals surface area contributed by atoms with Gasteiger partial charge < -0.3 is 9.63 Å². The van der Waals surface area contributed by atoms with Crippen molar-refractivity contribution in [2.24, 2.45) is 0 Å². The average molecular weight is 579 g/mol. The highest BCUT2D eigenvalue weighted by Crippen LogP contribution is 2.49. The lowest BCUT2D eigenvalue weighted by Crippen LogP contribution is -2.38. The molecule has 10 heteroatoms. The number of halogens is 2. The zero-order valence-corrected chi connectivity index (χ0v) is 23.2. The fraction of sp³-hybridized carbons (Fsp3) is 0.226. The van der Waals surface area contributed by atoms with Gasteiger partial charge in [-0.25, -0.2) is 8.42 Å². The van der Waals surface area contributed by atoms with E-state index in [1.807, 2.05) is 12.1 Å². The molecule has 0 spiro atoms. The molecule has 3 aromatic carbocycles. The largest absolute Gasteiger partial charge is 0.381 e. The number of nitrogens with zero attached hydrogens (tertiary/aromatic N) is 1. The van der Waals surface area contributed by atoms with Crippen molar-refractivity contribution in [3.8, 4) is 22.5 Å². The molecule has 1 unspecified atom stereocenters. The van der Waals surface area contributed by atoms with E-state index in [2.05, 4.69) is 9.88 Å². The van der Waals surface area contributed by atoms with Crippen LogP contribution in [0.15, 0.2) is 89.5 Å². The molecule has 1 aliphatic carbocycles. The highest BCUT2D eigenvalue weighted by Gasteiger charge is 2.52. The van der Waals surface area contributed by atoms with Crippen molar-refractivity contribution in [1.82, 2.24) is 9.88 Å². The van der Waals surface area contributed by atoms with Gasteiger partial charge in [-0.2, -0.15) is 8.78 Å². The van der Waals surface area contributed by atoms with Gasteiger partial charge in [0.1, 0.15) is 0 Å². The van der Waals surface area contributed by atoms with E-state index in [9.17, 15) is 18.3 Å². The minimum atomic E-state index is -3.65. The molecule has 1 aliphatic rings. The maximum Gasteiger partial charge on any atom is 0.296 e. The highest BCUT2D eigenvalue weighted by atomic mass is 32.2. The van der Waals surface area contributed by atoms with E-state index in [-0.39, 0.29) is 17.0 Å². The summed E-state index contributed by atoms with van der Waals surface area (Å²) in [4.78, 5) is 12.5. The van der Waals surface area contributed by atoms with Crippen LogP contribution in [0.4, 0.5) is 8.78 Å². The standard InChI is InChI=1S/C31H28F2N2O5S/c1-20-26(28(36)31(32,33)17-16-21-6-4-3-5-7-21)27(40-34-20)24-10-8-22(9-11-24)23-12-14-25(15-13-23)30(18-19-30)29(37)35-41(2,38)39/h3-17,28,36H,18-19H2,1-2H3,(H,35,37)/b17-16+. The SMILES string of the molecule is Cc1noc(-c2ccc(-c3ccc(C4(C(=O)NS(C)(=O)=O)CC4)cc3)cc2)c1C(O)C(F)(F)/C=C/c1ccccc1. The zero-order valence-electron chi connectivity index (χ0n) is 22.3. The van der Waals surface area contributed by atoms with E-state index in [0.717, 1.165) is 22.9 Å². The van der Waals surface area contributed by atoms with E-state index in [4.69, 9.17) is 4.52 Å². The molecule has 2 N–H and O–H groups in total. The Morgan fingerprint density at radius 1 is 1.00 bits per heavy atom. The number of alkyl halides is 2. The summed E-state index contributed by atoms with van der Waals surface area (Å²) in [6, 6.07) is 22.9. The molecule has 7 nitrogen and oxygen atoms in total. The van der Waals surface area contributed by atoms with Crippen molar-refractivity contribution in [2.75, 3.05) is 6.26 Å². The predicted molar refractivity (Wildman–Crippen MR) is 151 cm³/mol. The summed E-state index contributed by atoms with van der Waals surface area (Å²) in [5.74, 6) is -4.06. The molecular formula is C31H28F2N2O5S. The first kappa shape index (κ1) is 28.4. The fourth-order valence-electron chi connectivity index (χ4n) is 4.80. The Kier molecular flexibility index (Phi) is 7.39. The third kappa shape index (κ3) is 5.98. The first-order valence-electron chi connectivity index (χ1n) is 12.9. The number of sulfonamides is 1. The summed E-state index contributed by atoms with van der Waals surface area (Å²) in [5, 5.41) is 14.5. The zero-order chi connectivity index (χ0) is 29.4. The molecular weight excluding hydrogens is 550 g/mol. The van der Waals surface area contributed by atoms with Crippen molar-refractivity contribution >= 4 is 22.0 Å². The molecule has 0 saturated heterocycles. The van der Waals surface area contributed by atoms with Crippen LogP contribution in [0, 0.1) is 6.92 Å². The van der Waals surface area contributed by atoms with Gasteiger partial charge in [-0.05, 0) is 48.1 Å². The number of hydrogen-bond donors (Lipinski definition) is 2. The molecule has 1 aromatic heterocycles. The third-order valence-electron chi connectivity index (χ3n) is 7.22. The molecule has 0 aliphatic heterocycles. The van der Waals surface area contributed by atoms with Crippen molar-refractivity contribution in [3.05, 3.63) is 107 Å². The van der Waals surface area contributed by atoms with Crippen LogP contribution in [-0.2, 0) is 20.2 Å². The first-order valence-corrected chi connectivity index (χ1v) is 14.8. The Balaban J connectivity index is 1.35. The van der Waals surface area contributed by atoms with Crippen molar-refractivity contribution < 1.29 is 31.6 Å². The summed E-state index contributed by atoms with van der Waals surface area (Å²) in [5.41, 5.74) is 2.67. The number of carbonyl (C=O) groups excluding carboxylic acids is 1. The number of aliphatic hydroxyl groups is 1. The first-order chi connectivity index (χ1) is 19.4. The normalized spacial score (nSPS) is 15.5. The summed E-state index contributed by atoms with van der Waals surface area (Å²) >= 11 is 0. The van der Waals surface area contributed by atoms with Gasteiger partial charge in [0.25, 0.3) is 5.92 Å². The maximum atomic E-state index is 15.0. The summed E-state index contributed by atoms with van der Waals surface area (Å²) < 4.78 is 60.5. The monoisotopic (exact) mass is 578 g/mol. The fourth-order valence-corrected chi connectivity index (χ4v) is 5.33. The Labute approximate surface area is 236 Å². The Hall–Kier alpha value is -4.15. The molecule has 1 fully saturated rings. The molecule has 1 atom stereocenters. The quantitative estimate of drug-likeness (QED) is 0.260. The van der Waals surface area contributed by atoms with Crippen molar-refractivity contribution in [2.45, 2.75) is 37.2 Å². The highest BCUT2D eigenvalue weighted by molar-refractivity contribution is 7.89. The topological polar surface area (TPSA) is 110 Å². The molecule has 1 saturated carbocycles. The van der Waals surface area contributed by atoms with Crippen LogP contribution in [0.2, 0.25) is 0 Å². The van der Waals surface area contributed by atoms with Crippen LogP contribution in [0.5, 0.6) is 0 Å². The number of benzene rings is 3. The Morgan fingerprint density at radius 3 is 2.12 bits per heavy atom. The lowest BCUT2D eigenvalue weighted by atomic mass is 9.92. The van der Waals surface area contributed by atoms with Crippen molar-refractivity contribution in [3.63, 3.8) is 0 Å². The lowest BCUT2D eigenvalue weighted by molar-refractivity contribution is -0.121. The van der Waals surface area contributed by atoms with Crippen LogP contribution in [0.25, 0.3) is 28.5 Å². The minimum Gasteiger partial charge on any atom is -0.381 e. The average Bonchev–Trinajstić information content (AvgIpc) is 3.68. The van der Waals surface area contributed by atoms with E-state index in [1.165, 1.54) is 13.0 Å². The van der Waals surface area contributed by atoms with Crippen LogP contribution in [0.1, 0.15) is 41.3 Å². The number of rotatable bonds is 9. The van der Waals surface area contributed by atoms with Gasteiger partial charge in [-0.3, -0.25) is 9.52 Å². The number of carbonyl (C=O) groups is 1. The van der Waals surface area contributed by atoms with Crippen LogP contribution in [0.3, 0.4) is 0 Å². The van der Waals surface area contributed by atoms with Crippen LogP contribution >= 0.6 is 0 Å². The second kappa shape index (κ2) is 10.7. The van der Waals surface area contributed by atoms with E-state index >= 15 is 8.78 Å². The molecule has 5 rings (SSSR count). The third-order valence-corrected chi connectivity index (χ3v) is 7.78. The van der Waals surface area contributed by atoms with Gasteiger partial charge in [-0.1, -0.05) is 90.1 Å². The number of aromatic nitrogens is 1. The number of nitrogens with one attached hydrogen (secondary N) is 1. The molecule has 212 valence electrons. The predicted octanol–water partition coefficient (Wildman–Crippen LogP) is 5.81.